The molecule has 0 spiro atoms. The Morgan fingerprint density at radius 1 is 1.20 bits per heavy atom. The predicted molar refractivity (Wildman–Crippen MR) is 91.1 cm³/mol. The minimum absolute atomic E-state index is 0.0908. The van der Waals surface area contributed by atoms with E-state index in [1.165, 1.54) is 23.4 Å². The summed E-state index contributed by atoms with van der Waals surface area (Å²) in [6, 6.07) is 14.4. The third-order valence-electron chi connectivity index (χ3n) is 3.53. The number of benzene rings is 2. The smallest absolute Gasteiger partial charge is 0.246 e. The molecule has 1 aliphatic rings. The van der Waals surface area contributed by atoms with Crippen LogP contribution in [0.4, 0.5) is 4.39 Å². The van der Waals surface area contributed by atoms with Crippen molar-refractivity contribution in [2.45, 2.75) is 11.3 Å². The van der Waals surface area contributed by atoms with E-state index in [4.69, 9.17) is 5.26 Å². The minimum Gasteiger partial charge on any atom is -0.246 e. The molecule has 0 bridgehead atoms. The van der Waals surface area contributed by atoms with Crippen LogP contribution in [0.2, 0.25) is 0 Å². The zero-order valence-corrected chi connectivity index (χ0v) is 13.8. The molecule has 2 aromatic carbocycles. The van der Waals surface area contributed by atoms with Crippen LogP contribution in [0.25, 0.3) is 0 Å². The van der Waals surface area contributed by atoms with Gasteiger partial charge in [-0.25, -0.2) is 9.40 Å². The molecule has 0 radical (unpaired) electrons. The van der Waals surface area contributed by atoms with E-state index < -0.39 is 15.8 Å². The van der Waals surface area contributed by atoms with E-state index in [0.29, 0.717) is 5.56 Å². The standard InChI is InChI=1S/C17H13FN4O2S/c18-15-8-3-1-6-13(15)12-20-22(11-5-10-19)17-14-7-2-4-9-16(14)25(23,24)21-17/h1-4,6-9,12H,5,11H2/b20-12+. The van der Waals surface area contributed by atoms with Crippen molar-refractivity contribution in [3.8, 4) is 6.07 Å². The lowest BCUT2D eigenvalue weighted by atomic mass is 10.2. The Morgan fingerprint density at radius 2 is 1.92 bits per heavy atom. The zero-order valence-electron chi connectivity index (χ0n) is 13.0. The molecule has 0 unspecified atom stereocenters. The van der Waals surface area contributed by atoms with Crippen LogP contribution in [-0.2, 0) is 10.0 Å². The molecule has 0 N–H and O–H groups in total. The van der Waals surface area contributed by atoms with Crippen LogP contribution in [-0.4, -0.2) is 32.0 Å². The van der Waals surface area contributed by atoms with Gasteiger partial charge in [0.05, 0.1) is 25.2 Å². The van der Waals surface area contributed by atoms with Gasteiger partial charge < -0.3 is 0 Å². The van der Waals surface area contributed by atoms with Gasteiger partial charge in [0, 0.05) is 11.1 Å². The summed E-state index contributed by atoms with van der Waals surface area (Å²) in [5.41, 5.74) is 0.658. The lowest BCUT2D eigenvalue weighted by molar-refractivity contribution is 0.458. The third-order valence-corrected chi connectivity index (χ3v) is 4.86. The molecule has 3 rings (SSSR count). The van der Waals surface area contributed by atoms with Gasteiger partial charge in [0.2, 0.25) is 0 Å². The Bertz CT molecular complexity index is 1010. The Morgan fingerprint density at radius 3 is 2.68 bits per heavy atom. The van der Waals surface area contributed by atoms with Crippen molar-refractivity contribution in [2.75, 3.05) is 6.54 Å². The highest BCUT2D eigenvalue weighted by atomic mass is 32.2. The van der Waals surface area contributed by atoms with E-state index in [1.54, 1.807) is 36.4 Å². The number of amidine groups is 1. The molecule has 6 nitrogen and oxygen atoms in total. The van der Waals surface area contributed by atoms with E-state index in [2.05, 4.69) is 9.50 Å². The Kier molecular flexibility index (Phi) is 4.59. The highest BCUT2D eigenvalue weighted by Gasteiger charge is 2.31. The molecule has 0 atom stereocenters. The summed E-state index contributed by atoms with van der Waals surface area (Å²) in [5, 5.41) is 14.3. The van der Waals surface area contributed by atoms with Gasteiger partial charge in [-0.05, 0) is 18.2 Å². The Hall–Kier alpha value is -3.05. The minimum atomic E-state index is -3.80. The summed E-state index contributed by atoms with van der Waals surface area (Å²) in [5.74, 6) is -0.327. The fraction of sp³-hybridized carbons (Fsp3) is 0.118. The van der Waals surface area contributed by atoms with Crippen LogP contribution >= 0.6 is 0 Å². The van der Waals surface area contributed by atoms with Crippen molar-refractivity contribution in [3.05, 3.63) is 65.5 Å². The second-order valence-electron chi connectivity index (χ2n) is 5.18. The van der Waals surface area contributed by atoms with Gasteiger partial charge in [0.1, 0.15) is 10.7 Å². The largest absolute Gasteiger partial charge is 0.285 e. The first-order valence-electron chi connectivity index (χ1n) is 7.40. The average molecular weight is 356 g/mol. The first-order valence-corrected chi connectivity index (χ1v) is 8.84. The molecule has 1 heterocycles. The van der Waals surface area contributed by atoms with Crippen LogP contribution in [0, 0.1) is 17.1 Å². The predicted octanol–water partition coefficient (Wildman–Crippen LogP) is 2.52. The molecule has 0 saturated carbocycles. The molecule has 25 heavy (non-hydrogen) atoms. The first kappa shape index (κ1) is 16.8. The fourth-order valence-electron chi connectivity index (χ4n) is 2.36. The summed E-state index contributed by atoms with van der Waals surface area (Å²) in [6.45, 7) is 0.129. The number of hydrogen-bond acceptors (Lipinski definition) is 5. The number of nitriles is 1. The molecule has 8 heteroatoms. The van der Waals surface area contributed by atoms with Crippen LogP contribution in [0.3, 0.4) is 0 Å². The molecule has 0 fully saturated rings. The number of rotatable bonds is 4. The normalized spacial score (nSPS) is 14.8. The maximum Gasteiger partial charge on any atom is 0.285 e. The van der Waals surface area contributed by atoms with E-state index in [1.807, 2.05) is 6.07 Å². The molecule has 0 aromatic heterocycles. The molecule has 0 aliphatic carbocycles. The highest BCUT2D eigenvalue weighted by molar-refractivity contribution is 7.90. The quantitative estimate of drug-likeness (QED) is 0.622. The topological polar surface area (TPSA) is 85.9 Å². The number of hydrazone groups is 1. The summed E-state index contributed by atoms with van der Waals surface area (Å²) >= 11 is 0. The van der Waals surface area contributed by atoms with Crippen molar-refractivity contribution < 1.29 is 12.8 Å². The second kappa shape index (κ2) is 6.83. The fourth-order valence-corrected chi connectivity index (χ4v) is 3.57. The lowest BCUT2D eigenvalue weighted by Gasteiger charge is -2.17. The summed E-state index contributed by atoms with van der Waals surface area (Å²) in [6.07, 6.45) is 1.39. The van der Waals surface area contributed by atoms with E-state index >= 15 is 0 Å². The number of fused-ring (bicyclic) bond motifs is 1. The van der Waals surface area contributed by atoms with Crippen LogP contribution in [0.5, 0.6) is 0 Å². The summed E-state index contributed by atoms with van der Waals surface area (Å²) in [4.78, 5) is 0.0908. The van der Waals surface area contributed by atoms with Crippen molar-refractivity contribution in [2.24, 2.45) is 9.50 Å². The SMILES string of the molecule is N#CCCN(/N=C/c1ccccc1F)C1=NS(=O)(=O)c2ccccc21. The number of hydrogen-bond donors (Lipinski definition) is 0. The van der Waals surface area contributed by atoms with Crippen LogP contribution < -0.4 is 0 Å². The second-order valence-corrected chi connectivity index (χ2v) is 6.76. The van der Waals surface area contributed by atoms with Gasteiger partial charge in [-0.15, -0.1) is 4.40 Å². The first-order chi connectivity index (χ1) is 12.0. The lowest BCUT2D eigenvalue weighted by Crippen LogP contribution is -2.27. The summed E-state index contributed by atoms with van der Waals surface area (Å²) < 4.78 is 41.9. The molecule has 0 saturated heterocycles. The van der Waals surface area contributed by atoms with E-state index in [-0.39, 0.29) is 29.3 Å². The molecule has 2 aromatic rings. The van der Waals surface area contributed by atoms with Crippen molar-refractivity contribution in [3.63, 3.8) is 0 Å². The Balaban J connectivity index is 2.00. The number of nitrogens with zero attached hydrogens (tertiary/aromatic N) is 4. The maximum atomic E-state index is 13.7. The van der Waals surface area contributed by atoms with E-state index in [9.17, 15) is 12.8 Å². The summed E-state index contributed by atoms with van der Waals surface area (Å²) in [7, 11) is -3.80. The molecule has 0 amide bonds. The van der Waals surface area contributed by atoms with Gasteiger partial charge in [0.15, 0.2) is 5.84 Å². The van der Waals surface area contributed by atoms with Gasteiger partial charge >= 0.3 is 0 Å². The Labute approximate surface area is 144 Å². The molecule has 1 aliphatic heterocycles. The highest BCUT2D eigenvalue weighted by Crippen LogP contribution is 2.27. The van der Waals surface area contributed by atoms with Crippen molar-refractivity contribution >= 4 is 22.1 Å². The molecule has 126 valence electrons. The van der Waals surface area contributed by atoms with Gasteiger partial charge in [0.25, 0.3) is 10.0 Å². The monoisotopic (exact) mass is 356 g/mol. The van der Waals surface area contributed by atoms with Gasteiger partial charge in [-0.2, -0.15) is 18.8 Å². The average Bonchev–Trinajstić information content (AvgIpc) is 2.88. The van der Waals surface area contributed by atoms with Crippen molar-refractivity contribution in [1.29, 1.82) is 5.26 Å². The van der Waals surface area contributed by atoms with Crippen LogP contribution in [0.1, 0.15) is 17.5 Å². The molecular formula is C17H13FN4O2S. The third kappa shape index (κ3) is 3.41. The van der Waals surface area contributed by atoms with E-state index in [0.717, 1.165) is 0 Å². The number of halogens is 1. The van der Waals surface area contributed by atoms with Crippen LogP contribution in [0.15, 0.2) is 62.9 Å². The van der Waals surface area contributed by atoms with Gasteiger partial charge in [-0.3, -0.25) is 0 Å². The molecular weight excluding hydrogens is 343 g/mol. The van der Waals surface area contributed by atoms with Crippen molar-refractivity contribution in [1.82, 2.24) is 5.01 Å². The maximum absolute atomic E-state index is 13.7. The number of sulfonamides is 1. The van der Waals surface area contributed by atoms with Gasteiger partial charge in [-0.1, -0.05) is 30.3 Å². The zero-order chi connectivity index (χ0) is 17.9.